The van der Waals surface area contributed by atoms with E-state index in [-0.39, 0.29) is 5.82 Å². The molecule has 3 rings (SSSR count). The number of halogens is 1. The number of pyridine rings is 1. The van der Waals surface area contributed by atoms with Crippen LogP contribution >= 0.6 is 0 Å². The molecule has 1 aliphatic rings. The molecule has 140 valence electrons. The standard InChI is InChI=1S/C21H28FN3O/c1-3-25(15-17-8-10-23-11-9-17)19-5-4-12-24(16-19)14-18-6-7-20(22)21(13-18)26-2/h6-11,13,19H,3-5,12,14-16H2,1-2H3. The van der Waals surface area contributed by atoms with Gasteiger partial charge in [0.1, 0.15) is 0 Å². The van der Waals surface area contributed by atoms with E-state index >= 15 is 0 Å². The van der Waals surface area contributed by atoms with Gasteiger partial charge in [-0.3, -0.25) is 14.8 Å². The zero-order valence-corrected chi connectivity index (χ0v) is 15.7. The molecule has 1 atom stereocenters. The Kier molecular flexibility index (Phi) is 6.58. The van der Waals surface area contributed by atoms with Crippen molar-refractivity contribution in [2.75, 3.05) is 26.7 Å². The highest BCUT2D eigenvalue weighted by molar-refractivity contribution is 5.30. The van der Waals surface area contributed by atoms with E-state index in [9.17, 15) is 4.39 Å². The van der Waals surface area contributed by atoms with Crippen LogP contribution in [0.15, 0.2) is 42.7 Å². The maximum Gasteiger partial charge on any atom is 0.165 e. The van der Waals surface area contributed by atoms with E-state index < -0.39 is 0 Å². The smallest absolute Gasteiger partial charge is 0.165 e. The topological polar surface area (TPSA) is 28.6 Å². The summed E-state index contributed by atoms with van der Waals surface area (Å²) in [5.41, 5.74) is 2.41. The Hall–Kier alpha value is -1.98. The van der Waals surface area contributed by atoms with E-state index in [2.05, 4.69) is 33.8 Å². The van der Waals surface area contributed by atoms with Crippen LogP contribution in [0, 0.1) is 5.82 Å². The monoisotopic (exact) mass is 357 g/mol. The van der Waals surface area contributed by atoms with Gasteiger partial charge in [-0.25, -0.2) is 4.39 Å². The van der Waals surface area contributed by atoms with Crippen molar-refractivity contribution >= 4 is 0 Å². The fourth-order valence-electron chi connectivity index (χ4n) is 3.76. The number of rotatable bonds is 7. The lowest BCUT2D eigenvalue weighted by Crippen LogP contribution is -2.47. The third-order valence-electron chi connectivity index (χ3n) is 5.16. The molecule has 0 bridgehead atoms. The van der Waals surface area contributed by atoms with Crippen LogP contribution in [0.1, 0.15) is 30.9 Å². The predicted octanol–water partition coefficient (Wildman–Crippen LogP) is 3.72. The van der Waals surface area contributed by atoms with Crippen molar-refractivity contribution in [1.82, 2.24) is 14.8 Å². The summed E-state index contributed by atoms with van der Waals surface area (Å²) in [6, 6.07) is 9.90. The van der Waals surface area contributed by atoms with E-state index in [4.69, 9.17) is 4.74 Å². The number of aromatic nitrogens is 1. The van der Waals surface area contributed by atoms with E-state index in [0.717, 1.165) is 38.3 Å². The van der Waals surface area contributed by atoms with Crippen molar-refractivity contribution in [1.29, 1.82) is 0 Å². The second-order valence-electron chi connectivity index (χ2n) is 6.92. The second kappa shape index (κ2) is 9.10. The minimum Gasteiger partial charge on any atom is -0.494 e. The quantitative estimate of drug-likeness (QED) is 0.755. The lowest BCUT2D eigenvalue weighted by atomic mass is 10.0. The summed E-state index contributed by atoms with van der Waals surface area (Å²) < 4.78 is 18.7. The lowest BCUT2D eigenvalue weighted by molar-refractivity contribution is 0.0917. The van der Waals surface area contributed by atoms with Crippen molar-refractivity contribution in [3.63, 3.8) is 0 Å². The molecule has 4 nitrogen and oxygen atoms in total. The molecule has 0 N–H and O–H groups in total. The number of likely N-dealkylation sites (N-methyl/N-ethyl adjacent to an activating group) is 1. The molecule has 0 amide bonds. The van der Waals surface area contributed by atoms with Crippen LogP contribution < -0.4 is 4.74 Å². The summed E-state index contributed by atoms with van der Waals surface area (Å²) in [6.07, 6.45) is 6.13. The summed E-state index contributed by atoms with van der Waals surface area (Å²) in [7, 11) is 1.51. The minimum atomic E-state index is -0.303. The van der Waals surface area contributed by atoms with Gasteiger partial charge in [0.15, 0.2) is 11.6 Å². The van der Waals surface area contributed by atoms with Gasteiger partial charge in [-0.1, -0.05) is 13.0 Å². The number of hydrogen-bond acceptors (Lipinski definition) is 4. The Morgan fingerprint density at radius 3 is 2.77 bits per heavy atom. The zero-order chi connectivity index (χ0) is 18.4. The van der Waals surface area contributed by atoms with Gasteiger partial charge >= 0.3 is 0 Å². The SMILES string of the molecule is CCN(Cc1ccncc1)C1CCCN(Cc2ccc(F)c(OC)c2)C1. The molecule has 0 spiro atoms. The van der Waals surface area contributed by atoms with Gasteiger partial charge in [0.25, 0.3) is 0 Å². The fourth-order valence-corrected chi connectivity index (χ4v) is 3.76. The van der Waals surface area contributed by atoms with Gasteiger partial charge in [0.05, 0.1) is 7.11 Å². The molecule has 0 saturated carbocycles. The highest BCUT2D eigenvalue weighted by atomic mass is 19.1. The Labute approximate surface area is 155 Å². The van der Waals surface area contributed by atoms with Gasteiger partial charge in [-0.2, -0.15) is 0 Å². The van der Waals surface area contributed by atoms with E-state index in [1.54, 1.807) is 0 Å². The molecule has 26 heavy (non-hydrogen) atoms. The van der Waals surface area contributed by atoms with Crippen molar-refractivity contribution in [3.05, 3.63) is 59.7 Å². The molecule has 2 heterocycles. The normalized spacial score (nSPS) is 18.2. The average molecular weight is 357 g/mol. The van der Waals surface area contributed by atoms with Crippen molar-refractivity contribution < 1.29 is 9.13 Å². The summed E-state index contributed by atoms with van der Waals surface area (Å²) in [5.74, 6) is 0.0196. The molecular weight excluding hydrogens is 329 g/mol. The third-order valence-corrected chi connectivity index (χ3v) is 5.16. The Morgan fingerprint density at radius 2 is 2.04 bits per heavy atom. The minimum absolute atomic E-state index is 0.303. The number of likely N-dealkylation sites (tertiary alicyclic amines) is 1. The van der Waals surface area contributed by atoms with Gasteiger partial charge in [0, 0.05) is 38.1 Å². The highest BCUT2D eigenvalue weighted by Crippen LogP contribution is 2.23. The first-order chi connectivity index (χ1) is 12.7. The molecule has 2 aromatic rings. The van der Waals surface area contributed by atoms with E-state index in [1.807, 2.05) is 24.5 Å². The maximum absolute atomic E-state index is 13.6. The number of benzene rings is 1. The lowest BCUT2D eigenvalue weighted by Gasteiger charge is -2.39. The zero-order valence-electron chi connectivity index (χ0n) is 15.7. The first-order valence-corrected chi connectivity index (χ1v) is 9.37. The molecule has 0 radical (unpaired) electrons. The molecule has 1 fully saturated rings. The van der Waals surface area contributed by atoms with Crippen LogP contribution in [0.3, 0.4) is 0 Å². The predicted molar refractivity (Wildman–Crippen MR) is 102 cm³/mol. The molecular formula is C21H28FN3O. The summed E-state index contributed by atoms with van der Waals surface area (Å²) in [5, 5.41) is 0. The molecule has 1 aliphatic heterocycles. The molecule has 1 aromatic heterocycles. The van der Waals surface area contributed by atoms with Gasteiger partial charge < -0.3 is 4.74 Å². The highest BCUT2D eigenvalue weighted by Gasteiger charge is 2.24. The number of piperidine rings is 1. The molecule has 1 unspecified atom stereocenters. The second-order valence-corrected chi connectivity index (χ2v) is 6.92. The van der Waals surface area contributed by atoms with Crippen LogP contribution in [0.5, 0.6) is 5.75 Å². The van der Waals surface area contributed by atoms with Crippen molar-refractivity contribution in [2.45, 2.75) is 38.9 Å². The maximum atomic E-state index is 13.6. The largest absolute Gasteiger partial charge is 0.494 e. The Bertz CT molecular complexity index is 695. The molecule has 1 aromatic carbocycles. The van der Waals surface area contributed by atoms with Crippen LogP contribution in [-0.2, 0) is 13.1 Å². The first kappa shape index (κ1) is 18.8. The third kappa shape index (κ3) is 4.80. The Morgan fingerprint density at radius 1 is 1.23 bits per heavy atom. The van der Waals surface area contributed by atoms with E-state index in [1.165, 1.54) is 31.6 Å². The van der Waals surface area contributed by atoms with Crippen LogP contribution in [0.25, 0.3) is 0 Å². The molecule has 0 aliphatic carbocycles. The summed E-state index contributed by atoms with van der Waals surface area (Å²) >= 11 is 0. The van der Waals surface area contributed by atoms with E-state index in [0.29, 0.717) is 11.8 Å². The summed E-state index contributed by atoms with van der Waals surface area (Å²) in [6.45, 7) is 7.18. The first-order valence-electron chi connectivity index (χ1n) is 9.37. The number of hydrogen-bond donors (Lipinski definition) is 0. The van der Waals surface area contributed by atoms with Gasteiger partial charge in [0.2, 0.25) is 0 Å². The Balaban J connectivity index is 1.62. The summed E-state index contributed by atoms with van der Waals surface area (Å²) in [4.78, 5) is 9.12. The number of ether oxygens (including phenoxy) is 1. The molecule has 1 saturated heterocycles. The van der Waals surface area contributed by atoms with Gasteiger partial charge in [-0.15, -0.1) is 0 Å². The average Bonchev–Trinajstić information content (AvgIpc) is 2.68. The van der Waals surface area contributed by atoms with Crippen LogP contribution in [0.4, 0.5) is 4.39 Å². The molecule has 5 heteroatoms. The fraction of sp³-hybridized carbons (Fsp3) is 0.476. The van der Waals surface area contributed by atoms with Crippen LogP contribution in [0.2, 0.25) is 0 Å². The van der Waals surface area contributed by atoms with Crippen LogP contribution in [-0.4, -0.2) is 47.6 Å². The number of methoxy groups -OCH3 is 1. The number of nitrogens with zero attached hydrogens (tertiary/aromatic N) is 3. The van der Waals surface area contributed by atoms with Gasteiger partial charge in [-0.05, 0) is 61.3 Å². The van der Waals surface area contributed by atoms with Crippen molar-refractivity contribution in [3.8, 4) is 5.75 Å². The van der Waals surface area contributed by atoms with Crippen molar-refractivity contribution in [2.24, 2.45) is 0 Å².